The molecule has 3 nitrogen and oxygen atoms in total. The highest BCUT2D eigenvalue weighted by molar-refractivity contribution is 5.97. The SMILES string of the molecule is CN(CC(C)(C)C)C(=O)c1ccc2[nH]ccc2c1. The van der Waals surface area contributed by atoms with Crippen LogP contribution >= 0.6 is 0 Å². The molecule has 0 radical (unpaired) electrons. The first kappa shape index (κ1) is 12.7. The average Bonchev–Trinajstić information content (AvgIpc) is 2.72. The molecule has 0 aliphatic heterocycles. The van der Waals surface area contributed by atoms with E-state index >= 15 is 0 Å². The van der Waals surface area contributed by atoms with Gasteiger partial charge < -0.3 is 9.88 Å². The van der Waals surface area contributed by atoms with Crippen molar-refractivity contribution < 1.29 is 4.79 Å². The minimum absolute atomic E-state index is 0.0769. The summed E-state index contributed by atoms with van der Waals surface area (Å²) in [5, 5.41) is 1.07. The monoisotopic (exact) mass is 244 g/mol. The summed E-state index contributed by atoms with van der Waals surface area (Å²) >= 11 is 0. The van der Waals surface area contributed by atoms with E-state index in [1.807, 2.05) is 37.5 Å². The quantitative estimate of drug-likeness (QED) is 0.864. The molecule has 0 aliphatic rings. The standard InChI is InChI=1S/C15H20N2O/c1-15(2,3)10-17(4)14(18)12-5-6-13-11(9-12)7-8-16-13/h5-9,16H,10H2,1-4H3. The number of aromatic amines is 1. The van der Waals surface area contributed by atoms with Gasteiger partial charge in [0.1, 0.15) is 0 Å². The number of amides is 1. The first-order chi connectivity index (χ1) is 8.37. The molecule has 3 heteroatoms. The Morgan fingerprint density at radius 3 is 2.67 bits per heavy atom. The number of fused-ring (bicyclic) bond motifs is 1. The lowest BCUT2D eigenvalue weighted by Gasteiger charge is -2.26. The third-order valence-electron chi connectivity index (χ3n) is 2.86. The highest BCUT2D eigenvalue weighted by atomic mass is 16.2. The van der Waals surface area contributed by atoms with Crippen molar-refractivity contribution >= 4 is 16.8 Å². The number of benzene rings is 1. The number of carbonyl (C=O) groups is 1. The molecule has 96 valence electrons. The summed E-state index contributed by atoms with van der Waals surface area (Å²) in [6, 6.07) is 7.75. The van der Waals surface area contributed by atoms with Gasteiger partial charge in [0.05, 0.1) is 0 Å². The van der Waals surface area contributed by atoms with Gasteiger partial charge in [0.2, 0.25) is 0 Å². The number of aromatic nitrogens is 1. The zero-order valence-corrected chi connectivity index (χ0v) is 11.4. The van der Waals surface area contributed by atoms with Gasteiger partial charge >= 0.3 is 0 Å². The Morgan fingerprint density at radius 2 is 2.00 bits per heavy atom. The van der Waals surface area contributed by atoms with E-state index in [4.69, 9.17) is 0 Å². The largest absolute Gasteiger partial charge is 0.361 e. The van der Waals surface area contributed by atoms with Crippen LogP contribution in [0.4, 0.5) is 0 Å². The number of rotatable bonds is 2. The lowest BCUT2D eigenvalue weighted by atomic mass is 9.96. The molecule has 18 heavy (non-hydrogen) atoms. The Labute approximate surface area is 108 Å². The molecule has 0 unspecified atom stereocenters. The highest BCUT2D eigenvalue weighted by Crippen LogP contribution is 2.18. The molecule has 0 saturated carbocycles. The van der Waals surface area contributed by atoms with Gasteiger partial charge in [0.25, 0.3) is 5.91 Å². The van der Waals surface area contributed by atoms with Gasteiger partial charge in [-0.25, -0.2) is 0 Å². The number of nitrogens with one attached hydrogen (secondary N) is 1. The van der Waals surface area contributed by atoms with Crippen molar-refractivity contribution in [3.63, 3.8) is 0 Å². The van der Waals surface area contributed by atoms with Crippen LogP contribution < -0.4 is 0 Å². The molecule has 2 rings (SSSR count). The van der Waals surface area contributed by atoms with Crippen LogP contribution in [0.25, 0.3) is 10.9 Å². The van der Waals surface area contributed by atoms with E-state index < -0.39 is 0 Å². The Hall–Kier alpha value is -1.77. The zero-order chi connectivity index (χ0) is 13.3. The fraction of sp³-hybridized carbons (Fsp3) is 0.400. The Morgan fingerprint density at radius 1 is 1.28 bits per heavy atom. The van der Waals surface area contributed by atoms with Crippen molar-refractivity contribution in [2.24, 2.45) is 5.41 Å². The maximum atomic E-state index is 12.3. The van der Waals surface area contributed by atoms with Crippen molar-refractivity contribution in [1.29, 1.82) is 0 Å². The molecule has 1 aromatic carbocycles. The van der Waals surface area contributed by atoms with E-state index in [-0.39, 0.29) is 11.3 Å². The van der Waals surface area contributed by atoms with Crippen molar-refractivity contribution in [3.05, 3.63) is 36.0 Å². The fourth-order valence-electron chi connectivity index (χ4n) is 2.19. The number of hydrogen-bond acceptors (Lipinski definition) is 1. The smallest absolute Gasteiger partial charge is 0.253 e. The van der Waals surface area contributed by atoms with Gasteiger partial charge in [-0.05, 0) is 29.7 Å². The van der Waals surface area contributed by atoms with Crippen molar-refractivity contribution in [1.82, 2.24) is 9.88 Å². The van der Waals surface area contributed by atoms with Crippen LogP contribution in [0, 0.1) is 5.41 Å². The Kier molecular flexibility index (Phi) is 3.16. The molecule has 0 aliphatic carbocycles. The van der Waals surface area contributed by atoms with E-state index in [1.54, 1.807) is 4.90 Å². The van der Waals surface area contributed by atoms with Crippen LogP contribution in [0.3, 0.4) is 0 Å². The Bertz CT molecular complexity index is 563. The molecule has 1 amide bonds. The van der Waals surface area contributed by atoms with E-state index in [0.717, 1.165) is 23.0 Å². The summed E-state index contributed by atoms with van der Waals surface area (Å²) in [5.41, 5.74) is 1.92. The van der Waals surface area contributed by atoms with E-state index in [2.05, 4.69) is 25.8 Å². The molecule has 0 atom stereocenters. The summed E-state index contributed by atoms with van der Waals surface area (Å²) in [6.45, 7) is 7.14. The molecule has 2 aromatic rings. The maximum absolute atomic E-state index is 12.3. The van der Waals surface area contributed by atoms with Gasteiger partial charge in [0.15, 0.2) is 0 Å². The number of carbonyl (C=O) groups excluding carboxylic acids is 1. The number of hydrogen-bond donors (Lipinski definition) is 1. The molecule has 0 fully saturated rings. The van der Waals surface area contributed by atoms with Crippen LogP contribution in [0.15, 0.2) is 30.5 Å². The molecule has 0 bridgehead atoms. The van der Waals surface area contributed by atoms with Crippen molar-refractivity contribution in [2.45, 2.75) is 20.8 Å². The molecule has 1 aromatic heterocycles. The van der Waals surface area contributed by atoms with Gasteiger partial charge in [-0.15, -0.1) is 0 Å². The molecule has 0 saturated heterocycles. The topological polar surface area (TPSA) is 36.1 Å². The Balaban J connectivity index is 2.22. The first-order valence-electron chi connectivity index (χ1n) is 6.19. The molecule has 1 heterocycles. The third-order valence-corrected chi connectivity index (χ3v) is 2.86. The van der Waals surface area contributed by atoms with E-state index in [1.165, 1.54) is 0 Å². The summed E-state index contributed by atoms with van der Waals surface area (Å²) in [4.78, 5) is 17.2. The van der Waals surface area contributed by atoms with E-state index in [0.29, 0.717) is 0 Å². The van der Waals surface area contributed by atoms with E-state index in [9.17, 15) is 4.79 Å². The summed E-state index contributed by atoms with van der Waals surface area (Å²) in [7, 11) is 1.86. The second-order valence-electron chi connectivity index (χ2n) is 6.00. The van der Waals surface area contributed by atoms with Crippen LogP contribution in [0.5, 0.6) is 0 Å². The minimum Gasteiger partial charge on any atom is -0.361 e. The summed E-state index contributed by atoms with van der Waals surface area (Å²) in [6.07, 6.45) is 1.89. The van der Waals surface area contributed by atoms with Crippen LogP contribution in [-0.2, 0) is 0 Å². The predicted octanol–water partition coefficient (Wildman–Crippen LogP) is 3.29. The summed E-state index contributed by atoms with van der Waals surface area (Å²) in [5.74, 6) is 0.0769. The van der Waals surface area contributed by atoms with Gasteiger partial charge in [-0.2, -0.15) is 0 Å². The number of H-pyrrole nitrogens is 1. The third kappa shape index (κ3) is 2.73. The zero-order valence-electron chi connectivity index (χ0n) is 11.4. The normalized spacial score (nSPS) is 11.8. The molecule has 1 N–H and O–H groups in total. The number of nitrogens with zero attached hydrogens (tertiary/aromatic N) is 1. The van der Waals surface area contributed by atoms with Crippen LogP contribution in [0.1, 0.15) is 31.1 Å². The van der Waals surface area contributed by atoms with Crippen LogP contribution in [0.2, 0.25) is 0 Å². The van der Waals surface area contributed by atoms with Crippen LogP contribution in [-0.4, -0.2) is 29.4 Å². The highest BCUT2D eigenvalue weighted by Gasteiger charge is 2.18. The van der Waals surface area contributed by atoms with Crippen molar-refractivity contribution in [3.8, 4) is 0 Å². The first-order valence-corrected chi connectivity index (χ1v) is 6.19. The summed E-state index contributed by atoms with van der Waals surface area (Å²) < 4.78 is 0. The molecule has 0 spiro atoms. The predicted molar refractivity (Wildman–Crippen MR) is 74.7 cm³/mol. The fourth-order valence-corrected chi connectivity index (χ4v) is 2.19. The minimum atomic E-state index is 0.0769. The second-order valence-corrected chi connectivity index (χ2v) is 6.00. The average molecular weight is 244 g/mol. The van der Waals surface area contributed by atoms with Crippen molar-refractivity contribution in [2.75, 3.05) is 13.6 Å². The van der Waals surface area contributed by atoms with Gasteiger partial charge in [-0.3, -0.25) is 4.79 Å². The molecular weight excluding hydrogens is 224 g/mol. The maximum Gasteiger partial charge on any atom is 0.253 e. The molecular formula is C15H20N2O. The lowest BCUT2D eigenvalue weighted by Crippen LogP contribution is -2.34. The second kappa shape index (κ2) is 4.48. The van der Waals surface area contributed by atoms with Gasteiger partial charge in [0, 0.05) is 36.3 Å². The van der Waals surface area contributed by atoms with Gasteiger partial charge in [-0.1, -0.05) is 20.8 Å². The lowest BCUT2D eigenvalue weighted by molar-refractivity contribution is 0.0746.